The third-order valence-corrected chi connectivity index (χ3v) is 6.05. The van der Waals surface area contributed by atoms with Gasteiger partial charge < -0.3 is 10.0 Å². The summed E-state index contributed by atoms with van der Waals surface area (Å²) in [4.78, 5) is 26.0. The fourth-order valence-electron chi connectivity index (χ4n) is 4.61. The van der Waals surface area contributed by atoms with Gasteiger partial charge in [0.1, 0.15) is 0 Å². The molecule has 124 valence electrons. The highest BCUT2D eigenvalue weighted by molar-refractivity contribution is 5.80. The van der Waals surface area contributed by atoms with Gasteiger partial charge in [-0.3, -0.25) is 9.59 Å². The van der Waals surface area contributed by atoms with E-state index in [1.807, 2.05) is 11.8 Å². The van der Waals surface area contributed by atoms with E-state index in [4.69, 9.17) is 0 Å². The number of carboxylic acid groups (broad SMARTS) is 1. The lowest BCUT2D eigenvalue weighted by atomic mass is 9.83. The van der Waals surface area contributed by atoms with Gasteiger partial charge >= 0.3 is 5.97 Å². The number of nitrogens with zero attached hydrogens (tertiary/aromatic N) is 1. The van der Waals surface area contributed by atoms with Crippen molar-refractivity contribution in [2.24, 2.45) is 29.6 Å². The quantitative estimate of drug-likeness (QED) is 0.849. The van der Waals surface area contributed by atoms with Gasteiger partial charge in [-0.25, -0.2) is 0 Å². The highest BCUT2D eigenvalue weighted by Crippen LogP contribution is 2.44. The second kappa shape index (κ2) is 6.59. The first-order valence-corrected chi connectivity index (χ1v) is 9.08. The Bertz CT molecular complexity index is 426. The highest BCUT2D eigenvalue weighted by Gasteiger charge is 2.47. The van der Waals surface area contributed by atoms with E-state index >= 15 is 0 Å². The maximum absolute atomic E-state index is 12.7. The van der Waals surface area contributed by atoms with Crippen LogP contribution in [0.4, 0.5) is 0 Å². The zero-order chi connectivity index (χ0) is 15.7. The molecule has 1 unspecified atom stereocenters. The highest BCUT2D eigenvalue weighted by atomic mass is 16.4. The van der Waals surface area contributed by atoms with Crippen LogP contribution < -0.4 is 0 Å². The molecule has 3 fully saturated rings. The molecule has 1 N–H and O–H groups in total. The van der Waals surface area contributed by atoms with Crippen molar-refractivity contribution >= 4 is 11.9 Å². The summed E-state index contributed by atoms with van der Waals surface area (Å²) in [6.07, 6.45) is 9.76. The van der Waals surface area contributed by atoms with Crippen LogP contribution in [0.15, 0.2) is 0 Å². The van der Waals surface area contributed by atoms with Crippen molar-refractivity contribution in [2.75, 3.05) is 13.1 Å². The average molecular weight is 307 g/mol. The number of hydrogen-bond acceptors (Lipinski definition) is 2. The van der Waals surface area contributed by atoms with Crippen molar-refractivity contribution in [3.63, 3.8) is 0 Å². The first kappa shape index (κ1) is 15.8. The van der Waals surface area contributed by atoms with Crippen LogP contribution >= 0.6 is 0 Å². The third kappa shape index (κ3) is 3.47. The number of amides is 1. The summed E-state index contributed by atoms with van der Waals surface area (Å²) < 4.78 is 0. The normalized spacial score (nSPS) is 31.2. The molecule has 1 aliphatic heterocycles. The Morgan fingerprint density at radius 1 is 1.09 bits per heavy atom. The molecule has 2 saturated carbocycles. The van der Waals surface area contributed by atoms with Crippen molar-refractivity contribution < 1.29 is 14.7 Å². The van der Waals surface area contributed by atoms with E-state index < -0.39 is 5.97 Å². The second-order valence-corrected chi connectivity index (χ2v) is 7.83. The van der Waals surface area contributed by atoms with E-state index in [9.17, 15) is 14.7 Å². The maximum atomic E-state index is 12.7. The molecule has 3 atom stereocenters. The number of rotatable bonds is 5. The van der Waals surface area contributed by atoms with Crippen LogP contribution in [0.3, 0.4) is 0 Å². The Morgan fingerprint density at radius 2 is 1.77 bits per heavy atom. The van der Waals surface area contributed by atoms with Gasteiger partial charge in [-0.15, -0.1) is 0 Å². The van der Waals surface area contributed by atoms with Crippen LogP contribution in [0.25, 0.3) is 0 Å². The SMILES string of the molecule is CC(CC1CCCCC1)C(=O)N1C[C@H](C(=O)O)[C@@H](C2CC2)C1. The second-order valence-electron chi connectivity index (χ2n) is 7.83. The smallest absolute Gasteiger partial charge is 0.308 e. The van der Waals surface area contributed by atoms with E-state index in [1.165, 1.54) is 32.1 Å². The van der Waals surface area contributed by atoms with Gasteiger partial charge in [0.2, 0.25) is 5.91 Å². The van der Waals surface area contributed by atoms with Crippen molar-refractivity contribution in [2.45, 2.75) is 58.3 Å². The van der Waals surface area contributed by atoms with Crippen molar-refractivity contribution in [3.05, 3.63) is 0 Å². The van der Waals surface area contributed by atoms with E-state index in [2.05, 4.69) is 0 Å². The van der Waals surface area contributed by atoms with Gasteiger partial charge in [-0.1, -0.05) is 39.0 Å². The lowest BCUT2D eigenvalue weighted by Crippen LogP contribution is -2.35. The average Bonchev–Trinajstić information content (AvgIpc) is 3.25. The summed E-state index contributed by atoms with van der Waals surface area (Å²) >= 11 is 0. The molecule has 22 heavy (non-hydrogen) atoms. The third-order valence-electron chi connectivity index (χ3n) is 6.05. The standard InChI is InChI=1S/C18H29NO3/c1-12(9-13-5-3-2-4-6-13)17(20)19-10-15(14-7-8-14)16(11-19)18(21)22/h12-16H,2-11H2,1H3,(H,21,22)/t12?,15-,16+/m1/s1. The van der Waals surface area contributed by atoms with E-state index in [-0.39, 0.29) is 23.7 Å². The Labute approximate surface area is 133 Å². The predicted octanol–water partition coefficient (Wildman–Crippen LogP) is 3.16. The van der Waals surface area contributed by atoms with E-state index in [0.717, 1.165) is 19.3 Å². The molecule has 4 nitrogen and oxygen atoms in total. The van der Waals surface area contributed by atoms with Crippen LogP contribution in [-0.4, -0.2) is 35.0 Å². The summed E-state index contributed by atoms with van der Waals surface area (Å²) in [6, 6.07) is 0. The monoisotopic (exact) mass is 307 g/mol. The predicted molar refractivity (Wildman–Crippen MR) is 84.3 cm³/mol. The van der Waals surface area contributed by atoms with Gasteiger partial charge in [-0.2, -0.15) is 0 Å². The van der Waals surface area contributed by atoms with Gasteiger partial charge in [0, 0.05) is 19.0 Å². The first-order valence-electron chi connectivity index (χ1n) is 9.08. The molecule has 0 aromatic rings. The number of carboxylic acids is 1. The van der Waals surface area contributed by atoms with E-state index in [1.54, 1.807) is 0 Å². The van der Waals surface area contributed by atoms with Crippen LogP contribution in [0, 0.1) is 29.6 Å². The summed E-state index contributed by atoms with van der Waals surface area (Å²) in [5.74, 6) is 0.640. The maximum Gasteiger partial charge on any atom is 0.308 e. The molecular weight excluding hydrogens is 278 g/mol. The Balaban J connectivity index is 1.56. The molecule has 4 heteroatoms. The molecule has 1 amide bonds. The molecule has 3 rings (SSSR count). The van der Waals surface area contributed by atoms with Gasteiger partial charge in [0.15, 0.2) is 0 Å². The molecule has 1 heterocycles. The minimum atomic E-state index is -0.716. The molecule has 3 aliphatic rings. The number of likely N-dealkylation sites (tertiary alicyclic amines) is 1. The van der Waals surface area contributed by atoms with Gasteiger partial charge in [0.05, 0.1) is 5.92 Å². The van der Waals surface area contributed by atoms with E-state index in [0.29, 0.717) is 24.9 Å². The zero-order valence-electron chi connectivity index (χ0n) is 13.7. The molecule has 1 saturated heterocycles. The molecule has 0 spiro atoms. The van der Waals surface area contributed by atoms with Gasteiger partial charge in [-0.05, 0) is 37.0 Å². The summed E-state index contributed by atoms with van der Waals surface area (Å²) in [5, 5.41) is 9.42. The fourth-order valence-corrected chi connectivity index (χ4v) is 4.61. The zero-order valence-corrected chi connectivity index (χ0v) is 13.7. The summed E-state index contributed by atoms with van der Waals surface area (Å²) in [7, 11) is 0. The largest absolute Gasteiger partial charge is 0.481 e. The van der Waals surface area contributed by atoms with Crippen LogP contribution in [0.1, 0.15) is 58.3 Å². The Morgan fingerprint density at radius 3 is 2.36 bits per heavy atom. The molecular formula is C18H29NO3. The molecule has 0 bridgehead atoms. The molecule has 0 radical (unpaired) electrons. The first-order chi connectivity index (χ1) is 10.6. The summed E-state index contributed by atoms with van der Waals surface area (Å²) in [6.45, 7) is 3.15. The fraction of sp³-hybridized carbons (Fsp3) is 0.889. The minimum Gasteiger partial charge on any atom is -0.481 e. The number of carbonyl (C=O) groups excluding carboxylic acids is 1. The number of hydrogen-bond donors (Lipinski definition) is 1. The van der Waals surface area contributed by atoms with Crippen LogP contribution in [-0.2, 0) is 9.59 Å². The molecule has 2 aliphatic carbocycles. The number of carbonyl (C=O) groups is 2. The topological polar surface area (TPSA) is 57.6 Å². The van der Waals surface area contributed by atoms with Gasteiger partial charge in [0.25, 0.3) is 0 Å². The molecule has 0 aromatic carbocycles. The Kier molecular flexibility index (Phi) is 4.74. The van der Waals surface area contributed by atoms with Crippen molar-refractivity contribution in [1.29, 1.82) is 0 Å². The Hall–Kier alpha value is -1.06. The van der Waals surface area contributed by atoms with Crippen LogP contribution in [0.2, 0.25) is 0 Å². The van der Waals surface area contributed by atoms with Crippen molar-refractivity contribution in [1.82, 2.24) is 4.90 Å². The minimum absolute atomic E-state index is 0.0514. The lowest BCUT2D eigenvalue weighted by Gasteiger charge is -2.27. The van der Waals surface area contributed by atoms with Crippen molar-refractivity contribution in [3.8, 4) is 0 Å². The summed E-state index contributed by atoms with van der Waals surface area (Å²) in [5.41, 5.74) is 0. The molecule has 0 aromatic heterocycles. The number of aliphatic carboxylic acids is 1. The lowest BCUT2D eigenvalue weighted by molar-refractivity contribution is -0.143. The van der Waals surface area contributed by atoms with Crippen LogP contribution in [0.5, 0.6) is 0 Å².